The third kappa shape index (κ3) is 5.49. The van der Waals surface area contributed by atoms with Crippen LogP contribution in [0.2, 0.25) is 0 Å². The number of benzene rings is 1. The Morgan fingerprint density at radius 3 is 2.58 bits per heavy atom. The molecule has 0 N–H and O–H groups in total. The number of ether oxygens (including phenoxy) is 1. The van der Waals surface area contributed by atoms with E-state index < -0.39 is 5.60 Å². The van der Waals surface area contributed by atoms with Crippen molar-refractivity contribution in [2.45, 2.75) is 91.2 Å². The van der Waals surface area contributed by atoms with E-state index in [1.54, 1.807) is 0 Å². The minimum Gasteiger partial charge on any atom is -0.444 e. The lowest BCUT2D eigenvalue weighted by atomic mass is 9.81. The van der Waals surface area contributed by atoms with Crippen molar-refractivity contribution in [2.75, 3.05) is 6.54 Å². The Labute approximate surface area is 160 Å². The van der Waals surface area contributed by atoms with E-state index in [4.69, 9.17) is 4.74 Å². The normalized spacial score (nSPS) is 18.3. The summed E-state index contributed by atoms with van der Waals surface area (Å²) in [6, 6.07) is 8.79. The molecule has 1 amide bonds. The number of hydrogen-bond donors (Lipinski definition) is 0. The highest BCUT2D eigenvalue weighted by Gasteiger charge is 2.37. The summed E-state index contributed by atoms with van der Waals surface area (Å²) in [5.74, 6) is 0.487. The van der Waals surface area contributed by atoms with Gasteiger partial charge >= 0.3 is 6.09 Å². The summed E-state index contributed by atoms with van der Waals surface area (Å²) in [4.78, 5) is 14.9. The Kier molecular flexibility index (Phi) is 7.55. The first kappa shape index (κ1) is 20.8. The molecule has 3 nitrogen and oxygen atoms in total. The molecular formula is C23H37NO2. The van der Waals surface area contributed by atoms with Gasteiger partial charge in [0.15, 0.2) is 0 Å². The van der Waals surface area contributed by atoms with Crippen LogP contribution in [0.15, 0.2) is 24.3 Å². The fourth-order valence-corrected chi connectivity index (χ4v) is 4.05. The highest BCUT2D eigenvalue weighted by Crippen LogP contribution is 2.39. The fraction of sp³-hybridized carbons (Fsp3) is 0.696. The van der Waals surface area contributed by atoms with Gasteiger partial charge in [-0.3, -0.25) is 0 Å². The van der Waals surface area contributed by atoms with Gasteiger partial charge in [-0.15, -0.1) is 0 Å². The van der Waals surface area contributed by atoms with Gasteiger partial charge in [0.05, 0.1) is 6.04 Å². The van der Waals surface area contributed by atoms with E-state index in [2.05, 4.69) is 38.1 Å². The van der Waals surface area contributed by atoms with Gasteiger partial charge in [0, 0.05) is 6.54 Å². The largest absolute Gasteiger partial charge is 0.444 e. The molecule has 0 radical (unpaired) electrons. The molecule has 26 heavy (non-hydrogen) atoms. The van der Waals surface area contributed by atoms with E-state index in [9.17, 15) is 4.79 Å². The second kappa shape index (κ2) is 9.43. The summed E-state index contributed by atoms with van der Waals surface area (Å²) in [6.07, 6.45) is 8.10. The predicted octanol–water partition coefficient (Wildman–Crippen LogP) is 6.52. The molecule has 2 atom stereocenters. The number of hydrogen-bond acceptors (Lipinski definition) is 2. The number of carbonyl (C=O) groups is 1. The number of carbonyl (C=O) groups excluding carboxylic acids is 1. The first-order chi connectivity index (χ1) is 12.4. The summed E-state index contributed by atoms with van der Waals surface area (Å²) in [7, 11) is 0. The van der Waals surface area contributed by atoms with Crippen LogP contribution >= 0.6 is 0 Å². The van der Waals surface area contributed by atoms with Gasteiger partial charge in [-0.25, -0.2) is 4.79 Å². The van der Waals surface area contributed by atoms with Gasteiger partial charge in [0.25, 0.3) is 0 Å². The van der Waals surface area contributed by atoms with Crippen molar-refractivity contribution in [2.24, 2.45) is 5.92 Å². The standard InChI is InChI=1S/C23H37NO2/c1-6-8-9-10-13-18(7-2)21-20-15-12-11-14-19(20)16-17-24(21)22(25)26-23(3,4)5/h11-12,14-15,18,21H,6-10,13,16-17H2,1-5H3. The van der Waals surface area contributed by atoms with E-state index in [1.807, 2.05) is 25.7 Å². The summed E-state index contributed by atoms with van der Waals surface area (Å²) in [5.41, 5.74) is 2.26. The Morgan fingerprint density at radius 1 is 1.19 bits per heavy atom. The van der Waals surface area contributed by atoms with Crippen molar-refractivity contribution in [1.29, 1.82) is 0 Å². The second-order valence-corrected chi connectivity index (χ2v) is 8.59. The lowest BCUT2D eigenvalue weighted by Gasteiger charge is -2.42. The molecule has 146 valence electrons. The average molecular weight is 360 g/mol. The van der Waals surface area contributed by atoms with Crippen molar-refractivity contribution in [1.82, 2.24) is 4.90 Å². The molecule has 0 saturated heterocycles. The predicted molar refractivity (Wildman–Crippen MR) is 108 cm³/mol. The lowest BCUT2D eigenvalue weighted by Crippen LogP contribution is -2.45. The number of unbranched alkanes of at least 4 members (excludes halogenated alkanes) is 3. The van der Waals surface area contributed by atoms with Gasteiger partial charge in [0.2, 0.25) is 0 Å². The molecule has 0 aromatic heterocycles. The fourth-order valence-electron chi connectivity index (χ4n) is 4.05. The quantitative estimate of drug-likeness (QED) is 0.519. The average Bonchev–Trinajstić information content (AvgIpc) is 2.60. The molecule has 1 aliphatic heterocycles. The topological polar surface area (TPSA) is 29.5 Å². The number of amides is 1. The Hall–Kier alpha value is -1.51. The molecule has 2 rings (SSSR count). The molecular weight excluding hydrogens is 322 g/mol. The van der Waals surface area contributed by atoms with Crippen LogP contribution in [0.1, 0.15) is 90.3 Å². The molecule has 0 spiro atoms. The maximum atomic E-state index is 12.9. The molecule has 2 unspecified atom stereocenters. The van der Waals surface area contributed by atoms with Crippen LogP contribution in [0.5, 0.6) is 0 Å². The molecule has 1 aliphatic rings. The van der Waals surface area contributed by atoms with Crippen molar-refractivity contribution in [3.63, 3.8) is 0 Å². The SMILES string of the molecule is CCCCCCC(CC)C1c2ccccc2CCN1C(=O)OC(C)(C)C. The number of fused-ring (bicyclic) bond motifs is 1. The van der Waals surface area contributed by atoms with Crippen molar-refractivity contribution in [3.8, 4) is 0 Å². The Balaban J connectivity index is 2.25. The van der Waals surface area contributed by atoms with E-state index in [0.29, 0.717) is 5.92 Å². The van der Waals surface area contributed by atoms with Gasteiger partial charge in [-0.2, -0.15) is 0 Å². The van der Waals surface area contributed by atoms with E-state index in [0.717, 1.165) is 19.4 Å². The van der Waals surface area contributed by atoms with E-state index in [-0.39, 0.29) is 12.1 Å². The zero-order valence-electron chi connectivity index (χ0n) is 17.4. The van der Waals surface area contributed by atoms with Crippen molar-refractivity contribution in [3.05, 3.63) is 35.4 Å². The van der Waals surface area contributed by atoms with E-state index in [1.165, 1.54) is 43.2 Å². The van der Waals surface area contributed by atoms with Crippen LogP contribution in [0, 0.1) is 5.92 Å². The molecule has 3 heteroatoms. The third-order valence-corrected chi connectivity index (χ3v) is 5.36. The van der Waals surface area contributed by atoms with Crippen LogP contribution in [0.25, 0.3) is 0 Å². The minimum atomic E-state index is -0.457. The van der Waals surface area contributed by atoms with Crippen molar-refractivity contribution < 1.29 is 9.53 Å². The molecule has 1 aromatic carbocycles. The summed E-state index contributed by atoms with van der Waals surface area (Å²) < 4.78 is 5.75. The number of rotatable bonds is 7. The first-order valence-electron chi connectivity index (χ1n) is 10.4. The molecule has 1 heterocycles. The molecule has 1 aromatic rings. The van der Waals surface area contributed by atoms with Gasteiger partial charge in [-0.1, -0.05) is 70.2 Å². The maximum Gasteiger partial charge on any atom is 0.410 e. The van der Waals surface area contributed by atoms with E-state index >= 15 is 0 Å². The molecule has 0 fully saturated rings. The smallest absolute Gasteiger partial charge is 0.410 e. The Bertz CT molecular complexity index is 576. The maximum absolute atomic E-state index is 12.9. The minimum absolute atomic E-state index is 0.140. The third-order valence-electron chi connectivity index (χ3n) is 5.36. The first-order valence-corrected chi connectivity index (χ1v) is 10.4. The van der Waals surface area contributed by atoms with Crippen LogP contribution in [-0.2, 0) is 11.2 Å². The highest BCUT2D eigenvalue weighted by atomic mass is 16.6. The Morgan fingerprint density at radius 2 is 1.92 bits per heavy atom. The van der Waals surface area contributed by atoms with Crippen LogP contribution in [0.4, 0.5) is 4.79 Å². The van der Waals surface area contributed by atoms with Crippen LogP contribution in [-0.4, -0.2) is 23.1 Å². The zero-order chi connectivity index (χ0) is 19.2. The van der Waals surface area contributed by atoms with Crippen LogP contribution < -0.4 is 0 Å². The summed E-state index contributed by atoms with van der Waals surface area (Å²) in [5, 5.41) is 0. The summed E-state index contributed by atoms with van der Waals surface area (Å²) >= 11 is 0. The number of nitrogens with zero attached hydrogens (tertiary/aromatic N) is 1. The van der Waals surface area contributed by atoms with Crippen molar-refractivity contribution >= 4 is 6.09 Å². The highest BCUT2D eigenvalue weighted by molar-refractivity contribution is 5.69. The monoisotopic (exact) mass is 359 g/mol. The van der Waals surface area contributed by atoms with Gasteiger partial charge in [-0.05, 0) is 50.7 Å². The lowest BCUT2D eigenvalue weighted by molar-refractivity contribution is 0.00564. The van der Waals surface area contributed by atoms with Crippen LogP contribution in [0.3, 0.4) is 0 Å². The molecule has 0 aliphatic carbocycles. The van der Waals surface area contributed by atoms with Gasteiger partial charge < -0.3 is 9.64 Å². The molecule has 0 saturated carbocycles. The zero-order valence-corrected chi connectivity index (χ0v) is 17.4. The molecule has 0 bridgehead atoms. The summed E-state index contributed by atoms with van der Waals surface area (Å²) in [6.45, 7) is 11.1. The second-order valence-electron chi connectivity index (χ2n) is 8.59. The van der Waals surface area contributed by atoms with Gasteiger partial charge in [0.1, 0.15) is 5.60 Å².